The third-order valence-corrected chi connectivity index (χ3v) is 5.56. The van der Waals surface area contributed by atoms with Gasteiger partial charge in [0, 0.05) is 24.5 Å². The van der Waals surface area contributed by atoms with Crippen molar-refractivity contribution in [3.8, 4) is 11.6 Å². The zero-order chi connectivity index (χ0) is 22.6. The number of hydrogen-bond donors (Lipinski definition) is 3. The zero-order valence-electron chi connectivity index (χ0n) is 17.9. The van der Waals surface area contributed by atoms with Crippen LogP contribution in [0, 0.1) is 0 Å². The standard InChI is InChI=1S/C24H24ClN5O3/c25-17-3-8-23(27-12-17)33-20-5-1-16(2-6-20)13-30-22-11-18(28-19-14-32-15-19)4-7-21(22)29-24(30)26-9-10-31/h1-8,11-12,19,28,31H,9-10,13-15H2,(H,26,29). The molecule has 3 N–H and O–H groups in total. The third-order valence-electron chi connectivity index (χ3n) is 5.34. The van der Waals surface area contributed by atoms with Gasteiger partial charge in [-0.1, -0.05) is 23.7 Å². The summed E-state index contributed by atoms with van der Waals surface area (Å²) in [6, 6.07) is 17.8. The van der Waals surface area contributed by atoms with Crippen LogP contribution in [-0.2, 0) is 11.3 Å². The Morgan fingerprint density at radius 2 is 1.97 bits per heavy atom. The molecule has 2 aromatic heterocycles. The highest BCUT2D eigenvalue weighted by Crippen LogP contribution is 2.27. The van der Waals surface area contributed by atoms with Gasteiger partial charge in [-0.15, -0.1) is 0 Å². The van der Waals surface area contributed by atoms with E-state index in [1.165, 1.54) is 0 Å². The van der Waals surface area contributed by atoms with Gasteiger partial charge in [-0.05, 0) is 42.0 Å². The van der Waals surface area contributed by atoms with Crippen LogP contribution >= 0.6 is 11.6 Å². The smallest absolute Gasteiger partial charge is 0.219 e. The normalized spacial score (nSPS) is 13.6. The molecule has 1 saturated heterocycles. The fourth-order valence-electron chi connectivity index (χ4n) is 3.62. The largest absolute Gasteiger partial charge is 0.439 e. The van der Waals surface area contributed by atoms with E-state index in [1.54, 1.807) is 18.3 Å². The van der Waals surface area contributed by atoms with Crippen molar-refractivity contribution in [1.29, 1.82) is 0 Å². The van der Waals surface area contributed by atoms with E-state index >= 15 is 0 Å². The van der Waals surface area contributed by atoms with Gasteiger partial charge >= 0.3 is 0 Å². The number of rotatable bonds is 9. The molecule has 9 heteroatoms. The van der Waals surface area contributed by atoms with Gasteiger partial charge in [-0.25, -0.2) is 9.97 Å². The lowest BCUT2D eigenvalue weighted by Crippen LogP contribution is -2.40. The van der Waals surface area contributed by atoms with Crippen molar-refractivity contribution >= 4 is 34.3 Å². The minimum Gasteiger partial charge on any atom is -0.439 e. The lowest BCUT2D eigenvalue weighted by molar-refractivity contribution is 0.0211. The van der Waals surface area contributed by atoms with Gasteiger partial charge in [0.1, 0.15) is 5.75 Å². The molecule has 0 spiro atoms. The fourth-order valence-corrected chi connectivity index (χ4v) is 3.73. The lowest BCUT2D eigenvalue weighted by atomic mass is 10.2. The summed E-state index contributed by atoms with van der Waals surface area (Å²) in [6.07, 6.45) is 1.55. The summed E-state index contributed by atoms with van der Waals surface area (Å²) in [6.45, 7) is 2.51. The molecule has 0 aliphatic carbocycles. The number of anilines is 2. The maximum atomic E-state index is 9.28. The Morgan fingerprint density at radius 3 is 2.67 bits per heavy atom. The van der Waals surface area contributed by atoms with E-state index in [4.69, 9.17) is 26.1 Å². The highest BCUT2D eigenvalue weighted by Gasteiger charge is 2.19. The first kappa shape index (κ1) is 21.5. The van der Waals surface area contributed by atoms with Gasteiger partial charge < -0.3 is 29.8 Å². The highest BCUT2D eigenvalue weighted by molar-refractivity contribution is 6.30. The van der Waals surface area contributed by atoms with Crippen molar-refractivity contribution in [2.24, 2.45) is 0 Å². The number of ether oxygens (including phenoxy) is 2. The Morgan fingerprint density at radius 1 is 1.12 bits per heavy atom. The summed E-state index contributed by atoms with van der Waals surface area (Å²) in [4.78, 5) is 8.89. The summed E-state index contributed by atoms with van der Waals surface area (Å²) < 4.78 is 13.2. The Hall–Kier alpha value is -3.33. The van der Waals surface area contributed by atoms with Crippen LogP contribution in [0.2, 0.25) is 5.02 Å². The molecule has 0 atom stereocenters. The third kappa shape index (κ3) is 5.03. The van der Waals surface area contributed by atoms with Crippen molar-refractivity contribution in [2.45, 2.75) is 12.6 Å². The molecule has 0 amide bonds. The second-order valence-corrected chi connectivity index (χ2v) is 8.25. The monoisotopic (exact) mass is 465 g/mol. The number of fused-ring (bicyclic) bond motifs is 1. The molecule has 5 rings (SSSR count). The number of pyridine rings is 1. The number of nitrogens with zero attached hydrogens (tertiary/aromatic N) is 3. The van der Waals surface area contributed by atoms with E-state index in [0.717, 1.165) is 35.5 Å². The Labute approximate surface area is 196 Å². The average Bonchev–Trinajstić information content (AvgIpc) is 3.14. The van der Waals surface area contributed by atoms with Crippen LogP contribution in [0.15, 0.2) is 60.8 Å². The van der Waals surface area contributed by atoms with Gasteiger partial charge in [0.15, 0.2) is 0 Å². The predicted molar refractivity (Wildman–Crippen MR) is 128 cm³/mol. The lowest BCUT2D eigenvalue weighted by Gasteiger charge is -2.27. The van der Waals surface area contributed by atoms with Crippen LogP contribution in [0.4, 0.5) is 11.6 Å². The van der Waals surface area contributed by atoms with Crippen LogP contribution in [0.3, 0.4) is 0 Å². The molecule has 3 heterocycles. The molecular formula is C24H24ClN5O3. The first-order valence-electron chi connectivity index (χ1n) is 10.8. The molecule has 1 aliphatic rings. The maximum Gasteiger partial charge on any atom is 0.219 e. The van der Waals surface area contributed by atoms with E-state index in [9.17, 15) is 5.11 Å². The topological polar surface area (TPSA) is 93.5 Å². The number of aromatic nitrogens is 3. The SMILES string of the molecule is OCCNc1nc2ccc(NC3COC3)cc2n1Cc1ccc(Oc2ccc(Cl)cn2)cc1. The zero-order valence-corrected chi connectivity index (χ0v) is 18.6. The van der Waals surface area contributed by atoms with E-state index in [-0.39, 0.29) is 6.61 Å². The fraction of sp³-hybridized carbons (Fsp3) is 0.250. The number of aliphatic hydroxyl groups excluding tert-OH is 1. The van der Waals surface area contributed by atoms with Crippen molar-refractivity contribution in [2.75, 3.05) is 37.0 Å². The number of aliphatic hydroxyl groups is 1. The van der Waals surface area contributed by atoms with Crippen LogP contribution < -0.4 is 15.4 Å². The van der Waals surface area contributed by atoms with Crippen LogP contribution in [0.5, 0.6) is 11.6 Å². The van der Waals surface area contributed by atoms with Crippen LogP contribution in [0.1, 0.15) is 5.56 Å². The molecule has 2 aromatic carbocycles. The van der Waals surface area contributed by atoms with E-state index < -0.39 is 0 Å². The van der Waals surface area contributed by atoms with E-state index in [0.29, 0.717) is 41.7 Å². The van der Waals surface area contributed by atoms with Gasteiger partial charge in [-0.2, -0.15) is 0 Å². The first-order valence-corrected chi connectivity index (χ1v) is 11.1. The summed E-state index contributed by atoms with van der Waals surface area (Å²) in [5, 5.41) is 16.6. The summed E-state index contributed by atoms with van der Waals surface area (Å²) in [5.74, 6) is 1.89. The van der Waals surface area contributed by atoms with E-state index in [2.05, 4.69) is 26.3 Å². The first-order chi connectivity index (χ1) is 16.2. The number of hydrogen-bond acceptors (Lipinski definition) is 7. The molecule has 0 bridgehead atoms. The molecule has 0 radical (unpaired) electrons. The van der Waals surface area contributed by atoms with Crippen molar-refractivity contribution in [3.63, 3.8) is 0 Å². The number of benzene rings is 2. The average molecular weight is 466 g/mol. The Balaban J connectivity index is 1.38. The van der Waals surface area contributed by atoms with Crippen LogP contribution in [-0.4, -0.2) is 52.0 Å². The van der Waals surface area contributed by atoms with Gasteiger partial charge in [0.05, 0.1) is 48.5 Å². The van der Waals surface area contributed by atoms with Crippen molar-refractivity contribution in [3.05, 3.63) is 71.4 Å². The van der Waals surface area contributed by atoms with Crippen LogP contribution in [0.25, 0.3) is 11.0 Å². The van der Waals surface area contributed by atoms with E-state index in [1.807, 2.05) is 36.4 Å². The number of nitrogens with one attached hydrogen (secondary N) is 2. The number of halogens is 1. The quantitative estimate of drug-likeness (QED) is 0.342. The molecule has 8 nitrogen and oxygen atoms in total. The molecule has 4 aromatic rings. The minimum atomic E-state index is 0.0302. The molecule has 1 fully saturated rings. The molecule has 0 unspecified atom stereocenters. The van der Waals surface area contributed by atoms with Gasteiger partial charge in [-0.3, -0.25) is 0 Å². The Bertz CT molecular complexity index is 1220. The molecule has 33 heavy (non-hydrogen) atoms. The maximum absolute atomic E-state index is 9.28. The highest BCUT2D eigenvalue weighted by atomic mass is 35.5. The molecule has 1 aliphatic heterocycles. The second-order valence-electron chi connectivity index (χ2n) is 7.81. The predicted octanol–water partition coefficient (Wildman–Crippen LogP) is 4.14. The summed E-state index contributed by atoms with van der Waals surface area (Å²) in [7, 11) is 0. The molecule has 170 valence electrons. The second kappa shape index (κ2) is 9.66. The van der Waals surface area contributed by atoms with Gasteiger partial charge in [0.2, 0.25) is 11.8 Å². The van der Waals surface area contributed by atoms with Crippen molar-refractivity contribution < 1.29 is 14.6 Å². The summed E-state index contributed by atoms with van der Waals surface area (Å²) >= 11 is 5.88. The van der Waals surface area contributed by atoms with Crippen molar-refractivity contribution in [1.82, 2.24) is 14.5 Å². The minimum absolute atomic E-state index is 0.0302. The molecular weight excluding hydrogens is 442 g/mol. The summed E-state index contributed by atoms with van der Waals surface area (Å²) in [5.41, 5.74) is 4.01. The number of imidazole rings is 1. The Kier molecular flexibility index (Phi) is 6.30. The van der Waals surface area contributed by atoms with Gasteiger partial charge in [0.25, 0.3) is 0 Å². The molecule has 0 saturated carbocycles.